The number of nitrogens with one attached hydrogen (secondary N) is 1. The average Bonchev–Trinajstić information content (AvgIpc) is 2.27. The molecule has 0 radical (unpaired) electrons. The summed E-state index contributed by atoms with van der Waals surface area (Å²) in [6, 6.07) is 7.18. The van der Waals surface area contributed by atoms with Crippen LogP contribution >= 0.6 is 0 Å². The van der Waals surface area contributed by atoms with Crippen molar-refractivity contribution < 1.29 is 4.39 Å². The van der Waals surface area contributed by atoms with E-state index in [2.05, 4.69) is 12.2 Å². The Labute approximate surface area is 109 Å². The van der Waals surface area contributed by atoms with E-state index < -0.39 is 0 Å². The smallest absolute Gasteiger partial charge is 0.123 e. The molecule has 0 amide bonds. The summed E-state index contributed by atoms with van der Waals surface area (Å²) >= 11 is 0. The van der Waals surface area contributed by atoms with Crippen LogP contribution in [0.25, 0.3) is 0 Å². The standard InChI is InChI=1S/C16H22FN/c1-2-18-12-16(10-15(11-16)8-3-9-15)13-4-6-14(17)7-5-13/h4-7,18H,2-3,8-12H2,1H3. The molecule has 0 unspecified atom stereocenters. The molecule has 0 aliphatic heterocycles. The van der Waals surface area contributed by atoms with Gasteiger partial charge in [0.05, 0.1) is 0 Å². The molecule has 3 rings (SSSR count). The maximum Gasteiger partial charge on any atom is 0.123 e. The first-order chi connectivity index (χ1) is 8.68. The minimum Gasteiger partial charge on any atom is -0.316 e. The van der Waals surface area contributed by atoms with Crippen molar-refractivity contribution in [3.05, 3.63) is 35.6 Å². The lowest BCUT2D eigenvalue weighted by molar-refractivity contribution is -0.0481. The Kier molecular flexibility index (Phi) is 2.93. The lowest BCUT2D eigenvalue weighted by atomic mass is 9.43. The fourth-order valence-corrected chi connectivity index (χ4v) is 4.01. The van der Waals surface area contributed by atoms with Crippen LogP contribution in [0.5, 0.6) is 0 Å². The van der Waals surface area contributed by atoms with Gasteiger partial charge in [-0.3, -0.25) is 0 Å². The number of rotatable bonds is 4. The molecule has 1 spiro atoms. The first-order valence-corrected chi connectivity index (χ1v) is 7.15. The van der Waals surface area contributed by atoms with Crippen LogP contribution in [-0.2, 0) is 5.41 Å². The summed E-state index contributed by atoms with van der Waals surface area (Å²) in [7, 11) is 0. The first kappa shape index (κ1) is 12.2. The summed E-state index contributed by atoms with van der Waals surface area (Å²) in [5.41, 5.74) is 2.23. The fraction of sp³-hybridized carbons (Fsp3) is 0.625. The number of halogens is 1. The maximum atomic E-state index is 13.1. The van der Waals surface area contributed by atoms with E-state index >= 15 is 0 Å². The predicted molar refractivity (Wildman–Crippen MR) is 72.1 cm³/mol. The summed E-state index contributed by atoms with van der Waals surface area (Å²) in [6.45, 7) is 4.20. The highest BCUT2D eigenvalue weighted by Crippen LogP contribution is 2.64. The van der Waals surface area contributed by atoms with Gasteiger partial charge in [-0.2, -0.15) is 0 Å². The zero-order valence-corrected chi connectivity index (χ0v) is 11.1. The van der Waals surface area contributed by atoms with Crippen LogP contribution in [0.1, 0.15) is 44.6 Å². The fourth-order valence-electron chi connectivity index (χ4n) is 4.01. The van der Waals surface area contributed by atoms with Crippen LogP contribution < -0.4 is 5.32 Å². The van der Waals surface area contributed by atoms with Gasteiger partial charge in [0.25, 0.3) is 0 Å². The summed E-state index contributed by atoms with van der Waals surface area (Å²) in [5, 5.41) is 3.50. The molecule has 2 saturated carbocycles. The molecule has 2 fully saturated rings. The van der Waals surface area contributed by atoms with Crippen LogP contribution in [0.4, 0.5) is 4.39 Å². The van der Waals surface area contributed by atoms with Crippen molar-refractivity contribution in [3.8, 4) is 0 Å². The van der Waals surface area contributed by atoms with Crippen molar-refractivity contribution in [2.45, 2.75) is 44.4 Å². The van der Waals surface area contributed by atoms with Crippen molar-refractivity contribution >= 4 is 0 Å². The van der Waals surface area contributed by atoms with Gasteiger partial charge in [0.2, 0.25) is 0 Å². The minimum absolute atomic E-state index is 0.130. The van der Waals surface area contributed by atoms with Crippen LogP contribution in [0.3, 0.4) is 0 Å². The van der Waals surface area contributed by atoms with Gasteiger partial charge in [-0.15, -0.1) is 0 Å². The Balaban J connectivity index is 1.80. The molecule has 0 atom stereocenters. The molecular weight excluding hydrogens is 225 g/mol. The third-order valence-corrected chi connectivity index (χ3v) is 5.01. The van der Waals surface area contributed by atoms with Gasteiger partial charge in [0, 0.05) is 12.0 Å². The highest BCUT2D eigenvalue weighted by atomic mass is 19.1. The van der Waals surface area contributed by atoms with Gasteiger partial charge in [-0.05, 0) is 55.3 Å². The van der Waals surface area contributed by atoms with E-state index in [-0.39, 0.29) is 11.2 Å². The average molecular weight is 247 g/mol. The van der Waals surface area contributed by atoms with Crippen LogP contribution in [0, 0.1) is 11.2 Å². The number of hydrogen-bond donors (Lipinski definition) is 1. The highest BCUT2D eigenvalue weighted by molar-refractivity contribution is 5.32. The Morgan fingerprint density at radius 1 is 1.17 bits per heavy atom. The monoisotopic (exact) mass is 247 g/mol. The van der Waals surface area contributed by atoms with E-state index in [1.807, 2.05) is 12.1 Å². The second kappa shape index (κ2) is 4.34. The van der Waals surface area contributed by atoms with E-state index in [4.69, 9.17) is 0 Å². The predicted octanol–water partition coefficient (Wildman–Crippen LogP) is 3.64. The Morgan fingerprint density at radius 3 is 2.33 bits per heavy atom. The van der Waals surface area contributed by atoms with Gasteiger partial charge in [0.15, 0.2) is 0 Å². The van der Waals surface area contributed by atoms with Crippen LogP contribution in [0.15, 0.2) is 24.3 Å². The van der Waals surface area contributed by atoms with Crippen molar-refractivity contribution in [3.63, 3.8) is 0 Å². The van der Waals surface area contributed by atoms with E-state index in [1.54, 1.807) is 12.1 Å². The second-order valence-electron chi connectivity index (χ2n) is 6.27. The summed E-state index contributed by atoms with van der Waals surface area (Å²) in [6.07, 6.45) is 6.79. The Morgan fingerprint density at radius 2 is 1.83 bits per heavy atom. The Bertz CT molecular complexity index is 411. The SMILES string of the molecule is CCNCC1(c2ccc(F)cc2)CC2(CCC2)C1. The van der Waals surface area contributed by atoms with Crippen molar-refractivity contribution in [2.75, 3.05) is 13.1 Å². The van der Waals surface area contributed by atoms with E-state index in [9.17, 15) is 4.39 Å². The van der Waals surface area contributed by atoms with Crippen molar-refractivity contribution in [2.24, 2.45) is 5.41 Å². The largest absolute Gasteiger partial charge is 0.316 e. The number of benzene rings is 1. The molecule has 0 saturated heterocycles. The van der Waals surface area contributed by atoms with Crippen LogP contribution in [-0.4, -0.2) is 13.1 Å². The summed E-state index contributed by atoms with van der Waals surface area (Å²) in [5.74, 6) is -0.130. The molecule has 1 aromatic rings. The molecular formula is C16H22FN. The highest BCUT2D eigenvalue weighted by Gasteiger charge is 2.57. The first-order valence-electron chi connectivity index (χ1n) is 7.15. The zero-order chi connectivity index (χ0) is 12.6. The molecule has 1 nitrogen and oxygen atoms in total. The van der Waals surface area contributed by atoms with Crippen LogP contribution in [0.2, 0.25) is 0 Å². The third kappa shape index (κ3) is 1.87. The van der Waals surface area contributed by atoms with Gasteiger partial charge >= 0.3 is 0 Å². The van der Waals surface area contributed by atoms with E-state index in [0.717, 1.165) is 13.1 Å². The molecule has 0 heterocycles. The topological polar surface area (TPSA) is 12.0 Å². The molecule has 0 aromatic heterocycles. The van der Waals surface area contributed by atoms with Gasteiger partial charge in [-0.25, -0.2) is 4.39 Å². The lowest BCUT2D eigenvalue weighted by Crippen LogP contribution is -2.57. The molecule has 98 valence electrons. The maximum absolute atomic E-state index is 13.1. The van der Waals surface area contributed by atoms with Crippen molar-refractivity contribution in [1.82, 2.24) is 5.32 Å². The quantitative estimate of drug-likeness (QED) is 0.856. The normalized spacial score (nSPS) is 23.4. The third-order valence-electron chi connectivity index (χ3n) is 5.01. The minimum atomic E-state index is -0.130. The number of hydrogen-bond acceptors (Lipinski definition) is 1. The molecule has 0 bridgehead atoms. The molecule has 1 N–H and O–H groups in total. The molecule has 2 heteroatoms. The van der Waals surface area contributed by atoms with E-state index in [1.165, 1.54) is 37.7 Å². The van der Waals surface area contributed by atoms with E-state index in [0.29, 0.717) is 5.41 Å². The van der Waals surface area contributed by atoms with Gasteiger partial charge in [-0.1, -0.05) is 25.5 Å². The molecule has 2 aliphatic carbocycles. The Hall–Kier alpha value is -0.890. The molecule has 2 aliphatic rings. The summed E-state index contributed by atoms with van der Waals surface area (Å²) < 4.78 is 13.1. The zero-order valence-electron chi connectivity index (χ0n) is 11.1. The van der Waals surface area contributed by atoms with Crippen molar-refractivity contribution in [1.29, 1.82) is 0 Å². The number of likely N-dealkylation sites (N-methyl/N-ethyl adjacent to an activating group) is 1. The summed E-state index contributed by atoms with van der Waals surface area (Å²) in [4.78, 5) is 0. The lowest BCUT2D eigenvalue weighted by Gasteiger charge is -2.61. The second-order valence-corrected chi connectivity index (χ2v) is 6.27. The molecule has 18 heavy (non-hydrogen) atoms. The van der Waals surface area contributed by atoms with Gasteiger partial charge < -0.3 is 5.32 Å². The van der Waals surface area contributed by atoms with Gasteiger partial charge in [0.1, 0.15) is 5.82 Å². The molecule has 1 aromatic carbocycles.